The molecule has 14 heteroatoms. The highest BCUT2D eigenvalue weighted by molar-refractivity contribution is 7.18. The highest BCUT2D eigenvalue weighted by atomic mass is 35.5. The first-order valence-electron chi connectivity index (χ1n) is 16.4. The Labute approximate surface area is 303 Å². The number of hydrogen-bond donors (Lipinski definition) is 4. The number of halogens is 2. The third kappa shape index (κ3) is 7.12. The minimum absolute atomic E-state index is 0.0932. The number of thiazole rings is 1. The van der Waals surface area contributed by atoms with E-state index in [9.17, 15) is 14.7 Å². The van der Waals surface area contributed by atoms with Crippen LogP contribution in [0.3, 0.4) is 0 Å². The zero-order valence-corrected chi connectivity index (χ0v) is 29.5. The van der Waals surface area contributed by atoms with Gasteiger partial charge in [-0.05, 0) is 44.0 Å². The molecular weight excluding hydrogens is 697 g/mol. The van der Waals surface area contributed by atoms with Crippen molar-refractivity contribution in [1.29, 1.82) is 0 Å². The van der Waals surface area contributed by atoms with Crippen LogP contribution in [-0.2, 0) is 22.7 Å². The van der Waals surface area contributed by atoms with Crippen molar-refractivity contribution in [2.24, 2.45) is 0 Å². The molecule has 0 bridgehead atoms. The second kappa shape index (κ2) is 14.9. The van der Waals surface area contributed by atoms with E-state index < -0.39 is 12.0 Å². The fourth-order valence-electron chi connectivity index (χ4n) is 6.57. The van der Waals surface area contributed by atoms with Gasteiger partial charge in [0.1, 0.15) is 16.6 Å². The smallest absolute Gasteiger partial charge is 0.320 e. The van der Waals surface area contributed by atoms with Crippen LogP contribution in [0.15, 0.2) is 60.8 Å². The number of fused-ring (bicyclic) bond motifs is 1. The van der Waals surface area contributed by atoms with Gasteiger partial charge in [-0.1, -0.05) is 59.6 Å². The molecule has 2 atom stereocenters. The molecule has 2 aliphatic heterocycles. The Balaban J connectivity index is 1.11. The summed E-state index contributed by atoms with van der Waals surface area (Å²) in [7, 11) is 1.59. The van der Waals surface area contributed by atoms with Crippen LogP contribution in [0, 0.1) is 0 Å². The van der Waals surface area contributed by atoms with Crippen molar-refractivity contribution in [2.45, 2.75) is 50.9 Å². The second-order valence-electron chi connectivity index (χ2n) is 12.3. The number of carbonyl (C=O) groups excluding carboxylic acids is 1. The quantitative estimate of drug-likeness (QED) is 0.107. The summed E-state index contributed by atoms with van der Waals surface area (Å²) in [5.41, 5.74) is 5.09. The Morgan fingerprint density at radius 1 is 1.06 bits per heavy atom. The predicted octanol–water partition coefficient (Wildman–Crippen LogP) is 6.90. The Morgan fingerprint density at radius 2 is 1.86 bits per heavy atom. The summed E-state index contributed by atoms with van der Waals surface area (Å²) in [5.74, 6) is 0.346. The zero-order chi connectivity index (χ0) is 34.8. The van der Waals surface area contributed by atoms with E-state index in [1.54, 1.807) is 13.3 Å². The van der Waals surface area contributed by atoms with Gasteiger partial charge in [0.15, 0.2) is 5.82 Å². The van der Waals surface area contributed by atoms with Crippen LogP contribution in [0.5, 0.6) is 5.88 Å². The number of benzene rings is 2. The van der Waals surface area contributed by atoms with Crippen LogP contribution in [0.4, 0.5) is 11.5 Å². The van der Waals surface area contributed by atoms with Crippen LogP contribution in [0.25, 0.3) is 32.6 Å². The Hall–Kier alpha value is -4.33. The maximum Gasteiger partial charge on any atom is 0.320 e. The third-order valence-electron chi connectivity index (χ3n) is 9.08. The molecule has 258 valence electrons. The lowest BCUT2D eigenvalue weighted by Crippen LogP contribution is -2.35. The zero-order valence-electron chi connectivity index (χ0n) is 27.2. The first-order chi connectivity index (χ1) is 24.3. The number of anilines is 2. The predicted molar refractivity (Wildman–Crippen MR) is 196 cm³/mol. The van der Waals surface area contributed by atoms with Crippen molar-refractivity contribution in [3.05, 3.63) is 81.4 Å². The van der Waals surface area contributed by atoms with Crippen molar-refractivity contribution in [1.82, 2.24) is 30.5 Å². The lowest BCUT2D eigenvalue weighted by Gasteiger charge is -2.19. The van der Waals surface area contributed by atoms with E-state index in [0.29, 0.717) is 71.1 Å². The van der Waals surface area contributed by atoms with Crippen molar-refractivity contribution >= 4 is 68.1 Å². The van der Waals surface area contributed by atoms with E-state index in [1.165, 1.54) is 11.3 Å². The molecule has 0 saturated carbocycles. The fourth-order valence-corrected chi connectivity index (χ4v) is 8.16. The van der Waals surface area contributed by atoms with E-state index in [-0.39, 0.29) is 11.9 Å². The standard InChI is InChI=1S/C36H35Cl2N7O4S/c1-49-35-20(17-39-18-21-11-13-29(46)41-21)10-12-25(43-35)24-7-2-5-22(31(24)37)23-6-3-8-26(32(23)38)42-34-33-28(14-15-40-34)50-30(44-33)19-45-16-4-9-27(45)36(47)48/h2-3,5-8,10,12,14-15,21,27,39H,4,9,11,13,16-19H2,1H3,(H,40,42)(H,41,46)(H,47,48)/t21-,27?/m1/s1. The molecule has 50 heavy (non-hydrogen) atoms. The topological polar surface area (TPSA) is 142 Å². The molecule has 2 fully saturated rings. The highest BCUT2D eigenvalue weighted by Crippen LogP contribution is 2.42. The summed E-state index contributed by atoms with van der Waals surface area (Å²) in [6.07, 6.45) is 4.62. The Morgan fingerprint density at radius 3 is 2.64 bits per heavy atom. The number of aliphatic carboxylic acids is 1. The number of carbonyl (C=O) groups is 2. The van der Waals surface area contributed by atoms with Gasteiger partial charge in [0.2, 0.25) is 11.8 Å². The summed E-state index contributed by atoms with van der Waals surface area (Å²) in [5, 5.41) is 21.1. The van der Waals surface area contributed by atoms with Crippen molar-refractivity contribution in [3.63, 3.8) is 0 Å². The molecule has 4 N–H and O–H groups in total. The molecule has 11 nitrogen and oxygen atoms in total. The molecule has 7 rings (SSSR count). The Bertz CT molecular complexity index is 2080. The van der Waals surface area contributed by atoms with Crippen LogP contribution >= 0.6 is 34.5 Å². The largest absolute Gasteiger partial charge is 0.481 e. The van der Waals surface area contributed by atoms with Gasteiger partial charge in [-0.3, -0.25) is 14.5 Å². The van der Waals surface area contributed by atoms with Gasteiger partial charge in [-0.2, -0.15) is 0 Å². The first-order valence-corrected chi connectivity index (χ1v) is 18.0. The van der Waals surface area contributed by atoms with Crippen molar-refractivity contribution < 1.29 is 19.4 Å². The molecule has 0 radical (unpaired) electrons. The molecule has 2 aliphatic rings. The lowest BCUT2D eigenvalue weighted by molar-refractivity contribution is -0.142. The molecule has 1 unspecified atom stereocenters. The molecule has 5 aromatic rings. The summed E-state index contributed by atoms with van der Waals surface area (Å²) in [6, 6.07) is 16.9. The highest BCUT2D eigenvalue weighted by Gasteiger charge is 2.31. The summed E-state index contributed by atoms with van der Waals surface area (Å²) in [4.78, 5) is 39.4. The number of rotatable bonds is 12. The number of methoxy groups -OCH3 is 1. The number of carboxylic acid groups (broad SMARTS) is 1. The van der Waals surface area contributed by atoms with E-state index in [2.05, 4.69) is 20.9 Å². The number of nitrogens with one attached hydrogen (secondary N) is 3. The van der Waals surface area contributed by atoms with E-state index in [1.807, 2.05) is 59.5 Å². The summed E-state index contributed by atoms with van der Waals surface area (Å²) >= 11 is 15.7. The minimum Gasteiger partial charge on any atom is -0.481 e. The summed E-state index contributed by atoms with van der Waals surface area (Å²) < 4.78 is 6.59. The van der Waals surface area contributed by atoms with Gasteiger partial charge in [0.05, 0.1) is 39.8 Å². The average molecular weight is 733 g/mol. The molecule has 0 spiro atoms. The number of pyridine rings is 2. The van der Waals surface area contributed by atoms with E-state index in [0.717, 1.165) is 51.3 Å². The van der Waals surface area contributed by atoms with E-state index >= 15 is 0 Å². The first kappa shape index (κ1) is 34.1. The molecule has 3 aromatic heterocycles. The molecular formula is C36H35Cl2N7O4S. The van der Waals surface area contributed by atoms with Gasteiger partial charge >= 0.3 is 5.97 Å². The second-order valence-corrected chi connectivity index (χ2v) is 14.2. The van der Waals surface area contributed by atoms with Crippen LogP contribution in [0.2, 0.25) is 10.0 Å². The molecule has 5 heterocycles. The van der Waals surface area contributed by atoms with Crippen molar-refractivity contribution in [3.8, 4) is 28.3 Å². The monoisotopic (exact) mass is 731 g/mol. The van der Waals surface area contributed by atoms with Crippen molar-refractivity contribution in [2.75, 3.05) is 25.5 Å². The number of ether oxygens (including phenoxy) is 1. The maximum atomic E-state index is 11.7. The van der Waals surface area contributed by atoms with Gasteiger partial charge in [0.25, 0.3) is 0 Å². The summed E-state index contributed by atoms with van der Waals surface area (Å²) in [6.45, 7) is 2.42. The fraction of sp³-hybridized carbons (Fsp3) is 0.306. The SMILES string of the molecule is COc1nc(-c2cccc(-c3cccc(Nc4nccc5sc(CN6CCCC6C(=O)O)nc45)c3Cl)c2Cl)ccc1CNC[C@H]1CCC(=O)N1. The lowest BCUT2D eigenvalue weighted by atomic mass is 10.00. The average Bonchev–Trinajstić information content (AvgIpc) is 3.86. The molecule has 2 saturated heterocycles. The minimum atomic E-state index is -0.793. The number of aromatic nitrogens is 3. The maximum absolute atomic E-state index is 11.7. The normalized spacial score (nSPS) is 17.7. The van der Waals surface area contributed by atoms with Crippen LogP contribution in [0.1, 0.15) is 36.3 Å². The number of amides is 1. The molecule has 2 aromatic carbocycles. The Kier molecular flexibility index (Phi) is 10.2. The van der Waals surface area contributed by atoms with Crippen LogP contribution < -0.4 is 20.7 Å². The van der Waals surface area contributed by atoms with E-state index in [4.69, 9.17) is 37.9 Å². The number of likely N-dealkylation sites (tertiary alicyclic amines) is 1. The molecule has 0 aliphatic carbocycles. The van der Waals surface area contributed by atoms with Gasteiger partial charge < -0.3 is 25.8 Å². The van der Waals surface area contributed by atoms with Gasteiger partial charge in [-0.25, -0.2) is 15.0 Å². The van der Waals surface area contributed by atoms with Crippen LogP contribution in [-0.4, -0.2) is 69.1 Å². The van der Waals surface area contributed by atoms with Gasteiger partial charge in [0, 0.05) is 54.0 Å². The number of nitrogens with zero attached hydrogens (tertiary/aromatic N) is 4. The third-order valence-corrected chi connectivity index (χ3v) is 10.9. The van der Waals surface area contributed by atoms with Gasteiger partial charge in [-0.15, -0.1) is 11.3 Å². The molecule has 1 amide bonds. The number of hydrogen-bond acceptors (Lipinski definition) is 10. The number of carboxylic acids is 1.